The van der Waals surface area contributed by atoms with Gasteiger partial charge in [0, 0.05) is 54.8 Å². The van der Waals surface area contributed by atoms with Gasteiger partial charge in [0.15, 0.2) is 11.6 Å². The van der Waals surface area contributed by atoms with Gasteiger partial charge in [-0.1, -0.05) is 31.2 Å². The van der Waals surface area contributed by atoms with Crippen molar-refractivity contribution < 1.29 is 13.9 Å². The molecule has 44 heavy (non-hydrogen) atoms. The second-order valence-electron chi connectivity index (χ2n) is 12.2. The molecule has 0 saturated carbocycles. The topological polar surface area (TPSA) is 116 Å². The second-order valence-corrected chi connectivity index (χ2v) is 12.6. The minimum absolute atomic E-state index is 0.0918. The lowest BCUT2D eigenvalue weighted by Crippen LogP contribution is -2.58. The number of benzene rings is 2. The predicted molar refractivity (Wildman–Crippen MR) is 173 cm³/mol. The molecule has 6 rings (SSSR count). The quantitative estimate of drug-likeness (QED) is 0.271. The highest BCUT2D eigenvalue weighted by Crippen LogP contribution is 2.44. The Morgan fingerprint density at radius 2 is 2.00 bits per heavy atom. The summed E-state index contributed by atoms with van der Waals surface area (Å²) in [4.78, 5) is 28.2. The smallest absolute Gasteiger partial charge is 0.319 e. The van der Waals surface area contributed by atoms with Gasteiger partial charge in [-0.2, -0.15) is 15.1 Å². The molecule has 0 radical (unpaired) electrons. The van der Waals surface area contributed by atoms with Crippen molar-refractivity contribution >= 4 is 50.9 Å². The molecule has 3 atom stereocenters. The number of nitrogens with two attached hydrogens (primary N) is 1. The Hall–Kier alpha value is -3.96. The highest BCUT2D eigenvalue weighted by atomic mass is 35.5. The molecule has 4 heterocycles. The average Bonchev–Trinajstić information content (AvgIpc) is 3.59. The molecule has 232 valence electrons. The Morgan fingerprint density at radius 3 is 2.73 bits per heavy atom. The highest BCUT2D eigenvalue weighted by Gasteiger charge is 2.34. The molecule has 1 amide bonds. The molecule has 3 N–H and O–H groups in total. The van der Waals surface area contributed by atoms with Crippen molar-refractivity contribution in [3.05, 3.63) is 47.3 Å². The van der Waals surface area contributed by atoms with Crippen LogP contribution in [0.5, 0.6) is 6.01 Å². The van der Waals surface area contributed by atoms with E-state index in [1.165, 1.54) is 6.08 Å². The average molecular weight is 621 g/mol. The lowest BCUT2D eigenvalue weighted by molar-refractivity contribution is -0.128. The number of H-pyrrole nitrogens is 1. The fraction of sp³-hybridized carbons (Fsp3) is 0.438. The van der Waals surface area contributed by atoms with E-state index in [-0.39, 0.29) is 45.9 Å². The summed E-state index contributed by atoms with van der Waals surface area (Å²) in [5.74, 6) is 0.705. The minimum Gasteiger partial charge on any atom is -0.462 e. The van der Waals surface area contributed by atoms with Gasteiger partial charge in [-0.15, -0.1) is 0 Å². The lowest BCUT2D eigenvalue weighted by Gasteiger charge is -2.44. The molecule has 12 heteroatoms. The van der Waals surface area contributed by atoms with Crippen LogP contribution in [-0.2, 0) is 4.79 Å². The summed E-state index contributed by atoms with van der Waals surface area (Å²) < 4.78 is 23.0. The highest BCUT2D eigenvalue weighted by molar-refractivity contribution is 6.35. The van der Waals surface area contributed by atoms with Crippen LogP contribution >= 0.6 is 11.6 Å². The van der Waals surface area contributed by atoms with E-state index >= 15 is 4.39 Å². The van der Waals surface area contributed by atoms with Crippen LogP contribution in [-0.4, -0.2) is 87.3 Å². The number of likely N-dealkylation sites (tertiary alicyclic amines) is 1. The van der Waals surface area contributed by atoms with Crippen LogP contribution in [0.15, 0.2) is 30.9 Å². The number of halogens is 2. The van der Waals surface area contributed by atoms with Crippen molar-refractivity contribution in [1.29, 1.82) is 0 Å². The molecule has 0 bridgehead atoms. The number of nitrogens with one attached hydrogen (secondary N) is 1. The zero-order valence-corrected chi connectivity index (χ0v) is 26.3. The number of aromatic nitrogens is 4. The number of carbonyl (C=O) groups is 1. The van der Waals surface area contributed by atoms with Crippen molar-refractivity contribution in [3.63, 3.8) is 0 Å². The monoisotopic (exact) mass is 620 g/mol. The van der Waals surface area contributed by atoms with E-state index < -0.39 is 5.82 Å². The maximum Gasteiger partial charge on any atom is 0.319 e. The third-order valence-corrected chi connectivity index (χ3v) is 9.22. The summed E-state index contributed by atoms with van der Waals surface area (Å²) >= 11 is 6.92. The Balaban J connectivity index is 1.47. The van der Waals surface area contributed by atoms with Crippen LogP contribution < -0.4 is 15.4 Å². The van der Waals surface area contributed by atoms with Gasteiger partial charge in [0.1, 0.15) is 17.9 Å². The number of hydrogen-bond acceptors (Lipinski definition) is 8. The van der Waals surface area contributed by atoms with Crippen molar-refractivity contribution in [1.82, 2.24) is 30.0 Å². The summed E-state index contributed by atoms with van der Waals surface area (Å²) in [5, 5.41) is 8.31. The number of aromatic amines is 1. The maximum absolute atomic E-state index is 16.9. The Labute approximate surface area is 261 Å². The number of nitrogen functional groups attached to an aromatic ring is 1. The number of fused-ring (bicyclic) bond motifs is 2. The summed E-state index contributed by atoms with van der Waals surface area (Å²) in [6, 6.07) is 5.28. The Kier molecular flexibility index (Phi) is 8.10. The normalized spacial score (nSPS) is 21.0. The first kappa shape index (κ1) is 30.1. The van der Waals surface area contributed by atoms with Crippen LogP contribution in [0.25, 0.3) is 32.9 Å². The molecule has 2 aromatic heterocycles. The molecule has 2 aliphatic rings. The summed E-state index contributed by atoms with van der Waals surface area (Å²) in [7, 11) is 0. The first-order chi connectivity index (χ1) is 21.1. The van der Waals surface area contributed by atoms with E-state index in [0.29, 0.717) is 53.3 Å². The summed E-state index contributed by atoms with van der Waals surface area (Å²) in [6.45, 7) is 15.8. The molecule has 0 aliphatic carbocycles. The van der Waals surface area contributed by atoms with Gasteiger partial charge in [-0.05, 0) is 63.4 Å². The Morgan fingerprint density at radius 1 is 1.20 bits per heavy atom. The first-order valence-electron chi connectivity index (χ1n) is 15.0. The number of aryl methyl sites for hydroxylation is 1. The van der Waals surface area contributed by atoms with Crippen molar-refractivity contribution in [2.24, 2.45) is 5.92 Å². The van der Waals surface area contributed by atoms with Gasteiger partial charge < -0.3 is 20.3 Å². The molecule has 10 nitrogen and oxygen atoms in total. The van der Waals surface area contributed by atoms with Crippen LogP contribution in [0.4, 0.5) is 16.0 Å². The number of rotatable bonds is 7. The van der Waals surface area contributed by atoms with Crippen LogP contribution in [0.1, 0.15) is 32.8 Å². The van der Waals surface area contributed by atoms with Gasteiger partial charge in [-0.25, -0.2) is 4.39 Å². The summed E-state index contributed by atoms with van der Waals surface area (Å²) in [5.41, 5.74) is 8.55. The van der Waals surface area contributed by atoms with E-state index in [2.05, 4.69) is 38.5 Å². The molecule has 4 aromatic rings. The fourth-order valence-corrected chi connectivity index (χ4v) is 6.87. The molecular formula is C32H38ClFN8O2. The fourth-order valence-electron chi connectivity index (χ4n) is 6.58. The van der Waals surface area contributed by atoms with Crippen LogP contribution in [0.2, 0.25) is 5.02 Å². The second kappa shape index (κ2) is 11.9. The van der Waals surface area contributed by atoms with Crippen molar-refractivity contribution in [2.75, 3.05) is 50.0 Å². The van der Waals surface area contributed by atoms with E-state index in [4.69, 9.17) is 27.1 Å². The third-order valence-electron chi connectivity index (χ3n) is 8.92. The largest absolute Gasteiger partial charge is 0.462 e. The third kappa shape index (κ3) is 5.32. The van der Waals surface area contributed by atoms with Gasteiger partial charge in [-0.3, -0.25) is 14.8 Å². The van der Waals surface area contributed by atoms with Gasteiger partial charge in [0.2, 0.25) is 5.91 Å². The maximum atomic E-state index is 16.9. The summed E-state index contributed by atoms with van der Waals surface area (Å²) in [6.07, 6.45) is 2.49. The van der Waals surface area contributed by atoms with Gasteiger partial charge in [0.25, 0.3) is 0 Å². The number of ether oxygens (including phenoxy) is 1. The zero-order chi connectivity index (χ0) is 31.3. The van der Waals surface area contributed by atoms with Crippen molar-refractivity contribution in [2.45, 2.75) is 46.2 Å². The molecule has 2 fully saturated rings. The SMILES string of the molecule is C=CC(=O)N1C[C@H](C)N(c2nc(OCCN3CC[C@H](C)C3)nc3c(F)c(-c4c(C)ccc5[nH]nc(N)c45)c(Cl)cc23)C[C@H]1C. The number of amides is 1. The van der Waals surface area contributed by atoms with E-state index in [0.717, 1.165) is 31.6 Å². The predicted octanol–water partition coefficient (Wildman–Crippen LogP) is 5.19. The minimum atomic E-state index is -0.591. The number of carbonyl (C=O) groups excluding carboxylic acids is 1. The zero-order valence-electron chi connectivity index (χ0n) is 25.5. The van der Waals surface area contributed by atoms with Crippen LogP contribution in [0.3, 0.4) is 0 Å². The van der Waals surface area contributed by atoms with E-state index in [9.17, 15) is 4.79 Å². The number of piperazine rings is 1. The molecule has 0 unspecified atom stereocenters. The molecule has 0 spiro atoms. The first-order valence-corrected chi connectivity index (χ1v) is 15.4. The standard InChI is InChI=1S/C32H38ClFN8O2/c1-6-24(43)41-15-20(5)42(16-19(41)4)31-21-13-22(33)26(25-18(3)7-8-23-27(25)30(35)39-38-23)28(34)29(21)36-32(37-31)44-12-11-40-10-9-17(2)14-40/h6-8,13,17,19-20H,1,9-12,14-16H2,2-5H3,(H3,35,38,39)/t17-,19+,20-/m0/s1. The van der Waals surface area contributed by atoms with Crippen molar-refractivity contribution in [3.8, 4) is 17.1 Å². The van der Waals surface area contributed by atoms with Gasteiger partial charge >= 0.3 is 6.01 Å². The molecule has 2 aromatic carbocycles. The van der Waals surface area contributed by atoms with E-state index in [1.54, 1.807) is 11.0 Å². The van der Waals surface area contributed by atoms with Crippen LogP contribution in [0, 0.1) is 18.7 Å². The number of nitrogens with zero attached hydrogens (tertiary/aromatic N) is 6. The van der Waals surface area contributed by atoms with E-state index in [1.807, 2.05) is 32.9 Å². The molecule has 2 saturated heterocycles. The van der Waals surface area contributed by atoms with Gasteiger partial charge in [0.05, 0.1) is 15.9 Å². The number of anilines is 2. The lowest BCUT2D eigenvalue weighted by atomic mass is 9.94. The Bertz CT molecular complexity index is 1760. The molecular weight excluding hydrogens is 583 g/mol. The molecule has 2 aliphatic heterocycles. The number of hydrogen-bond donors (Lipinski definition) is 2.